The van der Waals surface area contributed by atoms with Gasteiger partial charge in [0.15, 0.2) is 0 Å². The highest BCUT2D eigenvalue weighted by molar-refractivity contribution is 5.56. The lowest BCUT2D eigenvalue weighted by atomic mass is 10.3. The fourth-order valence-corrected chi connectivity index (χ4v) is 1.20. The second kappa shape index (κ2) is 3.18. The Bertz CT molecular complexity index is 494. The van der Waals surface area contributed by atoms with Crippen molar-refractivity contribution in [1.82, 2.24) is 14.5 Å². The van der Waals surface area contributed by atoms with Gasteiger partial charge in [0.1, 0.15) is 6.07 Å². The number of nitriles is 1. The van der Waals surface area contributed by atoms with Gasteiger partial charge in [0.2, 0.25) is 5.82 Å². The Hall–Kier alpha value is -2.35. The average molecular weight is 185 g/mol. The minimum atomic E-state index is 0.308. The molecule has 5 heteroatoms. The first-order chi connectivity index (χ1) is 6.83. The molecule has 0 bridgehead atoms. The molecule has 5 nitrogen and oxygen atoms in total. The summed E-state index contributed by atoms with van der Waals surface area (Å²) in [4.78, 5) is 7.75. The summed E-state index contributed by atoms with van der Waals surface area (Å²) in [6, 6.07) is 3.71. The van der Waals surface area contributed by atoms with E-state index in [4.69, 9.17) is 11.0 Å². The van der Waals surface area contributed by atoms with Gasteiger partial charge in [0, 0.05) is 18.6 Å². The van der Waals surface area contributed by atoms with E-state index in [0.29, 0.717) is 17.2 Å². The molecular formula is C9H7N5. The largest absolute Gasteiger partial charge is 0.396 e. The summed E-state index contributed by atoms with van der Waals surface area (Å²) in [5.74, 6) is 0.308. The van der Waals surface area contributed by atoms with Gasteiger partial charge in [-0.25, -0.2) is 4.98 Å². The Morgan fingerprint density at radius 2 is 2.29 bits per heavy atom. The summed E-state index contributed by atoms with van der Waals surface area (Å²) in [6.07, 6.45) is 6.39. The zero-order valence-corrected chi connectivity index (χ0v) is 7.25. The molecule has 0 spiro atoms. The Balaban J connectivity index is 2.62. The van der Waals surface area contributed by atoms with Crippen molar-refractivity contribution in [2.24, 2.45) is 0 Å². The molecule has 2 rings (SSSR count). The lowest BCUT2D eigenvalue weighted by Gasteiger charge is -2.05. The van der Waals surface area contributed by atoms with Crippen LogP contribution in [-0.2, 0) is 0 Å². The Kier molecular flexibility index (Phi) is 1.88. The molecule has 0 atom stereocenters. The minimum Gasteiger partial charge on any atom is -0.396 e. The first kappa shape index (κ1) is 8.26. The molecule has 0 aliphatic heterocycles. The van der Waals surface area contributed by atoms with Crippen LogP contribution in [0.25, 0.3) is 5.69 Å². The van der Waals surface area contributed by atoms with Crippen molar-refractivity contribution >= 4 is 5.69 Å². The summed E-state index contributed by atoms with van der Waals surface area (Å²) < 4.78 is 1.62. The summed E-state index contributed by atoms with van der Waals surface area (Å²) in [5.41, 5.74) is 6.95. The lowest BCUT2D eigenvalue weighted by Crippen LogP contribution is -2.01. The van der Waals surface area contributed by atoms with E-state index in [2.05, 4.69) is 9.97 Å². The molecule has 0 aliphatic rings. The van der Waals surface area contributed by atoms with E-state index in [9.17, 15) is 0 Å². The third-order valence-corrected chi connectivity index (χ3v) is 1.83. The highest BCUT2D eigenvalue weighted by atomic mass is 15.1. The van der Waals surface area contributed by atoms with Gasteiger partial charge in [0.05, 0.1) is 17.6 Å². The van der Waals surface area contributed by atoms with Crippen LogP contribution >= 0.6 is 0 Å². The number of anilines is 1. The number of hydrogen-bond acceptors (Lipinski definition) is 4. The van der Waals surface area contributed by atoms with Crippen LogP contribution < -0.4 is 5.73 Å². The van der Waals surface area contributed by atoms with Crippen LogP contribution in [0.15, 0.2) is 30.9 Å². The van der Waals surface area contributed by atoms with Crippen molar-refractivity contribution in [3.63, 3.8) is 0 Å². The van der Waals surface area contributed by atoms with Crippen molar-refractivity contribution < 1.29 is 0 Å². The number of nitrogens with two attached hydrogens (primary N) is 1. The number of nitrogens with zero attached hydrogens (tertiary/aromatic N) is 4. The van der Waals surface area contributed by atoms with E-state index in [1.807, 2.05) is 6.07 Å². The molecule has 2 heterocycles. The molecule has 2 N–H and O–H groups in total. The van der Waals surface area contributed by atoms with Gasteiger partial charge in [-0.2, -0.15) is 5.26 Å². The van der Waals surface area contributed by atoms with E-state index in [-0.39, 0.29) is 0 Å². The molecule has 0 saturated heterocycles. The van der Waals surface area contributed by atoms with Crippen molar-refractivity contribution in [2.75, 3.05) is 5.73 Å². The van der Waals surface area contributed by atoms with Crippen LogP contribution in [0.5, 0.6) is 0 Å². The van der Waals surface area contributed by atoms with Gasteiger partial charge < -0.3 is 5.73 Å². The standard InChI is InChI=1S/C9H7N5/c10-5-9-13-3-4-14(9)8-1-2-12-6-7(8)11/h1-4,6H,11H2. The first-order valence-corrected chi connectivity index (χ1v) is 3.96. The van der Waals surface area contributed by atoms with Gasteiger partial charge in [-0.1, -0.05) is 0 Å². The SMILES string of the molecule is N#Cc1nccn1-c1ccncc1N. The smallest absolute Gasteiger partial charge is 0.217 e. The molecular weight excluding hydrogens is 178 g/mol. The molecule has 14 heavy (non-hydrogen) atoms. The van der Waals surface area contributed by atoms with Crippen molar-refractivity contribution in [3.8, 4) is 11.8 Å². The number of nitrogen functional groups attached to an aromatic ring is 1. The third kappa shape index (κ3) is 1.19. The number of pyridine rings is 1. The van der Waals surface area contributed by atoms with Crippen LogP contribution in [-0.4, -0.2) is 14.5 Å². The maximum Gasteiger partial charge on any atom is 0.217 e. The number of hydrogen-bond donors (Lipinski definition) is 1. The van der Waals surface area contributed by atoms with Crippen LogP contribution in [0.4, 0.5) is 5.69 Å². The molecule has 0 saturated carbocycles. The fraction of sp³-hybridized carbons (Fsp3) is 0. The van der Waals surface area contributed by atoms with Crippen LogP contribution in [0.2, 0.25) is 0 Å². The van der Waals surface area contributed by atoms with Gasteiger partial charge in [-0.05, 0) is 6.07 Å². The molecule has 0 radical (unpaired) electrons. The predicted molar refractivity (Wildman–Crippen MR) is 50.5 cm³/mol. The first-order valence-electron chi connectivity index (χ1n) is 3.96. The Morgan fingerprint density at radius 1 is 1.43 bits per heavy atom. The summed E-state index contributed by atoms with van der Waals surface area (Å²) in [6.45, 7) is 0. The molecule has 0 amide bonds. The topological polar surface area (TPSA) is 80.5 Å². The van der Waals surface area contributed by atoms with Gasteiger partial charge in [-0.3, -0.25) is 9.55 Å². The zero-order valence-electron chi connectivity index (χ0n) is 7.25. The van der Waals surface area contributed by atoms with E-state index < -0.39 is 0 Å². The van der Waals surface area contributed by atoms with E-state index >= 15 is 0 Å². The molecule has 0 aromatic carbocycles. The summed E-state index contributed by atoms with van der Waals surface area (Å²) in [7, 11) is 0. The van der Waals surface area contributed by atoms with E-state index in [1.54, 1.807) is 29.2 Å². The normalized spacial score (nSPS) is 9.64. The summed E-state index contributed by atoms with van der Waals surface area (Å²) in [5, 5.41) is 8.77. The van der Waals surface area contributed by atoms with E-state index in [1.165, 1.54) is 6.20 Å². The number of rotatable bonds is 1. The molecule has 0 unspecified atom stereocenters. The van der Waals surface area contributed by atoms with E-state index in [0.717, 1.165) is 0 Å². The lowest BCUT2D eigenvalue weighted by molar-refractivity contribution is 1.02. The molecule has 2 aromatic rings. The molecule has 0 aliphatic carbocycles. The summed E-state index contributed by atoms with van der Waals surface area (Å²) >= 11 is 0. The van der Waals surface area contributed by atoms with Gasteiger partial charge in [0.25, 0.3) is 0 Å². The number of aromatic nitrogens is 3. The number of imidazole rings is 1. The van der Waals surface area contributed by atoms with Crippen LogP contribution in [0.1, 0.15) is 5.82 Å². The third-order valence-electron chi connectivity index (χ3n) is 1.83. The average Bonchev–Trinajstić information content (AvgIpc) is 2.66. The Labute approximate surface area is 80.4 Å². The fourth-order valence-electron chi connectivity index (χ4n) is 1.20. The molecule has 68 valence electrons. The monoisotopic (exact) mass is 185 g/mol. The minimum absolute atomic E-state index is 0.308. The quantitative estimate of drug-likeness (QED) is 0.709. The maximum absolute atomic E-state index is 8.77. The van der Waals surface area contributed by atoms with Crippen molar-refractivity contribution in [3.05, 3.63) is 36.7 Å². The zero-order chi connectivity index (χ0) is 9.97. The van der Waals surface area contributed by atoms with Crippen LogP contribution in [0.3, 0.4) is 0 Å². The highest BCUT2D eigenvalue weighted by Gasteiger charge is 2.05. The van der Waals surface area contributed by atoms with Gasteiger partial charge >= 0.3 is 0 Å². The second-order valence-corrected chi connectivity index (χ2v) is 2.67. The molecule has 2 aromatic heterocycles. The second-order valence-electron chi connectivity index (χ2n) is 2.67. The highest BCUT2D eigenvalue weighted by Crippen LogP contribution is 2.15. The van der Waals surface area contributed by atoms with Gasteiger partial charge in [-0.15, -0.1) is 0 Å². The Morgan fingerprint density at radius 3 is 3.00 bits per heavy atom. The molecule has 0 fully saturated rings. The predicted octanol–water partition coefficient (Wildman–Crippen LogP) is 0.721. The van der Waals surface area contributed by atoms with Crippen molar-refractivity contribution in [2.45, 2.75) is 0 Å². The van der Waals surface area contributed by atoms with Crippen LogP contribution in [0, 0.1) is 11.3 Å². The van der Waals surface area contributed by atoms with Crippen molar-refractivity contribution in [1.29, 1.82) is 5.26 Å². The maximum atomic E-state index is 8.77.